The van der Waals surface area contributed by atoms with Gasteiger partial charge in [0.2, 0.25) is 0 Å². The Kier molecular flexibility index (Phi) is 5.11. The Bertz CT molecular complexity index is 438. The Morgan fingerprint density at radius 2 is 2.20 bits per heavy atom. The molecule has 1 fully saturated rings. The summed E-state index contributed by atoms with van der Waals surface area (Å²) in [5.41, 5.74) is 6.77. The lowest BCUT2D eigenvalue weighted by Gasteiger charge is -2.42. The molecule has 1 aliphatic rings. The molecule has 0 spiro atoms. The number of aliphatic hydroxyl groups excluding tert-OH is 1. The van der Waals surface area contributed by atoms with E-state index in [0.29, 0.717) is 19.6 Å². The van der Waals surface area contributed by atoms with Gasteiger partial charge in [0.05, 0.1) is 25.2 Å². The smallest absolute Gasteiger partial charge is 0.0933 e. The lowest BCUT2D eigenvalue weighted by atomic mass is 9.98. The van der Waals surface area contributed by atoms with Gasteiger partial charge in [0.25, 0.3) is 0 Å². The zero-order valence-corrected chi connectivity index (χ0v) is 11.8. The maximum absolute atomic E-state index is 9.31. The van der Waals surface area contributed by atoms with E-state index in [0.717, 1.165) is 5.56 Å². The van der Waals surface area contributed by atoms with E-state index in [1.807, 2.05) is 18.2 Å². The van der Waals surface area contributed by atoms with Crippen LogP contribution >= 0.6 is 0 Å². The molecule has 0 saturated carbocycles. The molecule has 0 aromatic heterocycles. The SMILES string of the molecule is CC1COC(CO)CN1C(CC(=N)N)c1ccccc1. The fraction of sp³-hybridized carbons (Fsp3) is 0.533. The van der Waals surface area contributed by atoms with Crippen LogP contribution in [0, 0.1) is 5.41 Å². The molecular weight excluding hydrogens is 254 g/mol. The molecule has 3 atom stereocenters. The summed E-state index contributed by atoms with van der Waals surface area (Å²) in [7, 11) is 0. The van der Waals surface area contributed by atoms with Crippen molar-refractivity contribution in [1.29, 1.82) is 5.41 Å². The van der Waals surface area contributed by atoms with E-state index in [1.165, 1.54) is 0 Å². The van der Waals surface area contributed by atoms with Gasteiger partial charge in [-0.2, -0.15) is 0 Å². The summed E-state index contributed by atoms with van der Waals surface area (Å²) in [5.74, 6) is 0.179. The van der Waals surface area contributed by atoms with Crippen molar-refractivity contribution in [3.05, 3.63) is 35.9 Å². The van der Waals surface area contributed by atoms with Crippen LogP contribution in [0.4, 0.5) is 0 Å². The monoisotopic (exact) mass is 277 g/mol. The maximum atomic E-state index is 9.31. The molecule has 0 radical (unpaired) electrons. The number of ether oxygens (including phenoxy) is 1. The highest BCUT2D eigenvalue weighted by atomic mass is 16.5. The van der Waals surface area contributed by atoms with E-state index in [9.17, 15) is 5.11 Å². The first-order valence-corrected chi connectivity index (χ1v) is 6.98. The number of hydrogen-bond donors (Lipinski definition) is 3. The first-order valence-electron chi connectivity index (χ1n) is 6.98. The molecule has 1 aromatic carbocycles. The second-order valence-corrected chi connectivity index (χ2v) is 5.34. The number of nitrogens with one attached hydrogen (secondary N) is 1. The first-order chi connectivity index (χ1) is 9.61. The van der Waals surface area contributed by atoms with E-state index < -0.39 is 0 Å². The summed E-state index contributed by atoms with van der Waals surface area (Å²) < 4.78 is 5.58. The van der Waals surface area contributed by atoms with Crippen molar-refractivity contribution >= 4 is 5.84 Å². The summed E-state index contributed by atoms with van der Waals surface area (Å²) in [4.78, 5) is 2.28. The number of nitrogens with two attached hydrogens (primary N) is 1. The Labute approximate surface area is 119 Å². The lowest BCUT2D eigenvalue weighted by molar-refractivity contribution is -0.0910. The Morgan fingerprint density at radius 3 is 2.80 bits per heavy atom. The van der Waals surface area contributed by atoms with Gasteiger partial charge in [-0.15, -0.1) is 0 Å². The van der Waals surface area contributed by atoms with E-state index in [-0.39, 0.29) is 30.6 Å². The van der Waals surface area contributed by atoms with Crippen molar-refractivity contribution < 1.29 is 9.84 Å². The van der Waals surface area contributed by atoms with E-state index in [2.05, 4.69) is 24.0 Å². The second-order valence-electron chi connectivity index (χ2n) is 5.34. The largest absolute Gasteiger partial charge is 0.394 e. The lowest BCUT2D eigenvalue weighted by Crippen LogP contribution is -2.51. The van der Waals surface area contributed by atoms with Gasteiger partial charge in [-0.1, -0.05) is 30.3 Å². The molecule has 1 heterocycles. The molecule has 0 bridgehead atoms. The van der Waals surface area contributed by atoms with Gasteiger partial charge in [-0.05, 0) is 12.5 Å². The standard InChI is InChI=1S/C15H23N3O2/c1-11-10-20-13(9-19)8-18(11)14(7-15(16)17)12-5-3-2-4-6-12/h2-6,11,13-14,19H,7-10H2,1H3,(H3,16,17). The third-order valence-electron chi connectivity index (χ3n) is 3.76. The summed E-state index contributed by atoms with van der Waals surface area (Å²) in [6.07, 6.45) is 0.330. The average Bonchev–Trinajstić information content (AvgIpc) is 2.46. The summed E-state index contributed by atoms with van der Waals surface area (Å²) in [6.45, 7) is 3.37. The van der Waals surface area contributed by atoms with Crippen molar-refractivity contribution in [3.8, 4) is 0 Å². The van der Waals surface area contributed by atoms with Gasteiger partial charge in [-0.25, -0.2) is 0 Å². The molecule has 5 heteroatoms. The Morgan fingerprint density at radius 1 is 1.50 bits per heavy atom. The summed E-state index contributed by atoms with van der Waals surface area (Å²) in [6, 6.07) is 10.4. The van der Waals surface area contributed by atoms with Crippen LogP contribution in [0.15, 0.2) is 30.3 Å². The van der Waals surface area contributed by atoms with E-state index in [1.54, 1.807) is 0 Å². The van der Waals surface area contributed by atoms with Crippen LogP contribution in [0.5, 0.6) is 0 Å². The fourth-order valence-corrected chi connectivity index (χ4v) is 2.69. The van der Waals surface area contributed by atoms with Gasteiger partial charge >= 0.3 is 0 Å². The number of aliphatic hydroxyl groups is 1. The predicted molar refractivity (Wildman–Crippen MR) is 78.7 cm³/mol. The molecule has 3 unspecified atom stereocenters. The molecule has 110 valence electrons. The minimum atomic E-state index is -0.163. The number of morpholine rings is 1. The minimum absolute atomic E-state index is 0.0187. The minimum Gasteiger partial charge on any atom is -0.394 e. The number of amidine groups is 1. The summed E-state index contributed by atoms with van der Waals surface area (Å²) >= 11 is 0. The summed E-state index contributed by atoms with van der Waals surface area (Å²) in [5, 5.41) is 16.9. The fourth-order valence-electron chi connectivity index (χ4n) is 2.69. The van der Waals surface area contributed by atoms with Gasteiger partial charge in [0, 0.05) is 25.0 Å². The molecular formula is C15H23N3O2. The molecule has 1 aliphatic heterocycles. The average molecular weight is 277 g/mol. The first kappa shape index (κ1) is 15.0. The quantitative estimate of drug-likeness (QED) is 0.556. The molecule has 0 aliphatic carbocycles. The number of rotatable bonds is 5. The van der Waals surface area contributed by atoms with E-state index in [4.69, 9.17) is 15.9 Å². The highest BCUT2D eigenvalue weighted by molar-refractivity contribution is 5.77. The van der Waals surface area contributed by atoms with Gasteiger partial charge in [0.1, 0.15) is 0 Å². The normalized spacial score (nSPS) is 25.3. The van der Waals surface area contributed by atoms with Crippen LogP contribution < -0.4 is 5.73 Å². The third kappa shape index (κ3) is 3.56. The number of benzene rings is 1. The molecule has 4 N–H and O–H groups in total. The van der Waals surface area contributed by atoms with Crippen molar-refractivity contribution in [3.63, 3.8) is 0 Å². The molecule has 5 nitrogen and oxygen atoms in total. The van der Waals surface area contributed by atoms with Crippen LogP contribution in [0.25, 0.3) is 0 Å². The Balaban J connectivity index is 2.23. The topological polar surface area (TPSA) is 82.6 Å². The molecule has 2 rings (SSSR count). The number of nitrogens with zero attached hydrogens (tertiary/aromatic N) is 1. The molecule has 1 aromatic rings. The second kappa shape index (κ2) is 6.83. The van der Waals surface area contributed by atoms with Gasteiger partial charge in [0.15, 0.2) is 0 Å². The Hall–Kier alpha value is -1.43. The number of hydrogen-bond acceptors (Lipinski definition) is 4. The maximum Gasteiger partial charge on any atom is 0.0933 e. The van der Waals surface area contributed by atoms with Crippen LogP contribution in [-0.4, -0.2) is 47.7 Å². The third-order valence-corrected chi connectivity index (χ3v) is 3.76. The highest BCUT2D eigenvalue weighted by Crippen LogP contribution is 2.29. The zero-order chi connectivity index (χ0) is 14.5. The van der Waals surface area contributed by atoms with Crippen molar-refractivity contribution in [2.45, 2.75) is 31.5 Å². The molecule has 1 saturated heterocycles. The van der Waals surface area contributed by atoms with Crippen LogP contribution in [-0.2, 0) is 4.74 Å². The van der Waals surface area contributed by atoms with Crippen molar-refractivity contribution in [1.82, 2.24) is 4.90 Å². The van der Waals surface area contributed by atoms with Gasteiger partial charge in [-0.3, -0.25) is 10.3 Å². The van der Waals surface area contributed by atoms with Crippen molar-refractivity contribution in [2.75, 3.05) is 19.8 Å². The van der Waals surface area contributed by atoms with Crippen molar-refractivity contribution in [2.24, 2.45) is 5.73 Å². The predicted octanol–water partition coefficient (Wildman–Crippen LogP) is 1.14. The zero-order valence-electron chi connectivity index (χ0n) is 11.8. The van der Waals surface area contributed by atoms with Crippen LogP contribution in [0.3, 0.4) is 0 Å². The van der Waals surface area contributed by atoms with E-state index >= 15 is 0 Å². The van der Waals surface area contributed by atoms with Gasteiger partial charge < -0.3 is 15.6 Å². The van der Waals surface area contributed by atoms with Crippen LogP contribution in [0.2, 0.25) is 0 Å². The molecule has 20 heavy (non-hydrogen) atoms. The van der Waals surface area contributed by atoms with Crippen LogP contribution in [0.1, 0.15) is 24.9 Å². The molecule has 0 amide bonds. The highest BCUT2D eigenvalue weighted by Gasteiger charge is 2.32.